The Kier molecular flexibility index (Phi) is 5.04. The highest BCUT2D eigenvalue weighted by atomic mass is 79.9. The Morgan fingerprint density at radius 1 is 1.39 bits per heavy atom. The van der Waals surface area contributed by atoms with E-state index in [2.05, 4.69) is 37.2 Å². The maximum absolute atomic E-state index is 11.0. The van der Waals surface area contributed by atoms with E-state index in [1.165, 1.54) is 0 Å². The molecule has 1 aromatic carbocycles. The predicted molar refractivity (Wildman–Crippen MR) is 78.3 cm³/mol. The molecule has 0 aliphatic heterocycles. The van der Waals surface area contributed by atoms with Crippen molar-refractivity contribution in [2.75, 3.05) is 19.0 Å². The minimum Gasteiger partial charge on any atom is -0.495 e. The second-order valence-electron chi connectivity index (χ2n) is 4.51. The SMILES string of the molecule is COc1cc(NCC(C)(C)C(=O)O)c(Br)cc1Br. The quantitative estimate of drug-likeness (QED) is 0.816. The summed E-state index contributed by atoms with van der Waals surface area (Å²) in [4.78, 5) is 11.0. The third-order valence-corrected chi connectivity index (χ3v) is 3.82. The van der Waals surface area contributed by atoms with E-state index in [1.807, 2.05) is 12.1 Å². The summed E-state index contributed by atoms with van der Waals surface area (Å²) in [6.45, 7) is 3.67. The van der Waals surface area contributed by atoms with E-state index in [0.29, 0.717) is 12.3 Å². The number of halogens is 2. The Morgan fingerprint density at radius 3 is 2.50 bits per heavy atom. The van der Waals surface area contributed by atoms with Crippen LogP contribution in [-0.4, -0.2) is 24.7 Å². The number of benzene rings is 1. The lowest BCUT2D eigenvalue weighted by Crippen LogP contribution is -2.31. The van der Waals surface area contributed by atoms with Gasteiger partial charge in [-0.25, -0.2) is 0 Å². The Bertz CT molecular complexity index is 461. The minimum atomic E-state index is -0.838. The molecule has 0 saturated carbocycles. The van der Waals surface area contributed by atoms with Gasteiger partial charge in [-0.15, -0.1) is 0 Å². The Labute approximate surface area is 123 Å². The van der Waals surface area contributed by atoms with E-state index >= 15 is 0 Å². The summed E-state index contributed by atoms with van der Waals surface area (Å²) in [5, 5.41) is 12.2. The van der Waals surface area contributed by atoms with Crippen LogP contribution in [0.1, 0.15) is 13.8 Å². The number of rotatable bonds is 5. The third kappa shape index (κ3) is 3.62. The van der Waals surface area contributed by atoms with E-state index in [1.54, 1.807) is 21.0 Å². The summed E-state index contributed by atoms with van der Waals surface area (Å²) < 4.78 is 6.87. The first-order valence-electron chi connectivity index (χ1n) is 5.28. The number of nitrogens with one attached hydrogen (secondary N) is 1. The lowest BCUT2D eigenvalue weighted by Gasteiger charge is -2.21. The molecule has 0 atom stereocenters. The van der Waals surface area contributed by atoms with Crippen LogP contribution in [0.2, 0.25) is 0 Å². The molecule has 0 unspecified atom stereocenters. The summed E-state index contributed by atoms with van der Waals surface area (Å²) in [5.41, 5.74) is -0.0379. The summed E-state index contributed by atoms with van der Waals surface area (Å²) in [6, 6.07) is 3.67. The van der Waals surface area contributed by atoms with Crippen LogP contribution < -0.4 is 10.1 Å². The lowest BCUT2D eigenvalue weighted by atomic mass is 9.94. The van der Waals surface area contributed by atoms with Crippen molar-refractivity contribution in [2.45, 2.75) is 13.8 Å². The fourth-order valence-corrected chi connectivity index (χ4v) is 2.51. The highest BCUT2D eigenvalue weighted by molar-refractivity contribution is 9.11. The molecule has 0 saturated heterocycles. The van der Waals surface area contributed by atoms with Crippen LogP contribution in [0.5, 0.6) is 5.75 Å². The van der Waals surface area contributed by atoms with Gasteiger partial charge in [0.25, 0.3) is 0 Å². The number of carboxylic acids is 1. The van der Waals surface area contributed by atoms with Crippen LogP contribution >= 0.6 is 31.9 Å². The molecule has 18 heavy (non-hydrogen) atoms. The van der Waals surface area contributed by atoms with Crippen LogP contribution in [0, 0.1) is 5.41 Å². The van der Waals surface area contributed by atoms with Gasteiger partial charge in [-0.3, -0.25) is 4.79 Å². The summed E-state index contributed by atoms with van der Waals surface area (Å²) in [7, 11) is 1.58. The molecule has 1 aromatic rings. The van der Waals surface area contributed by atoms with Gasteiger partial charge in [0.05, 0.1) is 22.7 Å². The van der Waals surface area contributed by atoms with Crippen LogP contribution in [0.3, 0.4) is 0 Å². The van der Waals surface area contributed by atoms with Gasteiger partial charge >= 0.3 is 5.97 Å². The molecule has 0 fully saturated rings. The number of carbonyl (C=O) groups is 1. The van der Waals surface area contributed by atoms with Gasteiger partial charge in [0.15, 0.2) is 0 Å². The number of anilines is 1. The van der Waals surface area contributed by atoms with Gasteiger partial charge in [0, 0.05) is 17.1 Å². The first-order chi connectivity index (χ1) is 8.27. The van der Waals surface area contributed by atoms with Crippen molar-refractivity contribution in [1.29, 1.82) is 0 Å². The summed E-state index contributed by atoms with van der Waals surface area (Å²) >= 11 is 6.80. The highest BCUT2D eigenvalue weighted by Gasteiger charge is 2.27. The normalized spacial score (nSPS) is 11.2. The molecule has 6 heteroatoms. The second kappa shape index (κ2) is 5.93. The maximum atomic E-state index is 11.0. The number of carboxylic acid groups (broad SMARTS) is 1. The molecule has 0 spiro atoms. The van der Waals surface area contributed by atoms with Gasteiger partial charge in [-0.2, -0.15) is 0 Å². The van der Waals surface area contributed by atoms with E-state index in [0.717, 1.165) is 14.6 Å². The van der Waals surface area contributed by atoms with Gasteiger partial charge in [0.2, 0.25) is 0 Å². The molecule has 0 bridgehead atoms. The highest BCUT2D eigenvalue weighted by Crippen LogP contribution is 2.35. The molecule has 1 rings (SSSR count). The first-order valence-corrected chi connectivity index (χ1v) is 6.87. The van der Waals surface area contributed by atoms with Crippen LogP contribution in [0.15, 0.2) is 21.1 Å². The molecule has 4 nitrogen and oxygen atoms in total. The van der Waals surface area contributed by atoms with E-state index in [9.17, 15) is 4.79 Å². The Balaban J connectivity index is 2.89. The summed E-state index contributed by atoms with van der Waals surface area (Å²) in [6.07, 6.45) is 0. The van der Waals surface area contributed by atoms with E-state index < -0.39 is 11.4 Å². The monoisotopic (exact) mass is 379 g/mol. The number of hydrogen-bond acceptors (Lipinski definition) is 3. The minimum absolute atomic E-state index is 0.325. The standard InChI is InChI=1S/C12H15Br2NO3/c1-12(2,11(16)17)6-15-9-5-10(18-3)8(14)4-7(9)13/h4-5,15H,6H2,1-3H3,(H,16,17). The molecule has 2 N–H and O–H groups in total. The zero-order valence-corrected chi connectivity index (χ0v) is 13.6. The molecule has 0 aliphatic carbocycles. The van der Waals surface area contributed by atoms with Crippen LogP contribution in [0.25, 0.3) is 0 Å². The van der Waals surface area contributed by atoms with Crippen molar-refractivity contribution < 1.29 is 14.6 Å². The fourth-order valence-electron chi connectivity index (χ4n) is 1.21. The second-order valence-corrected chi connectivity index (χ2v) is 6.22. The topological polar surface area (TPSA) is 58.6 Å². The molecule has 0 heterocycles. The average Bonchev–Trinajstić information content (AvgIpc) is 2.27. The summed E-state index contributed by atoms with van der Waals surface area (Å²) in [5.74, 6) is -0.149. The lowest BCUT2D eigenvalue weighted by molar-refractivity contribution is -0.146. The van der Waals surface area contributed by atoms with Crippen molar-refractivity contribution >= 4 is 43.5 Å². The Morgan fingerprint density at radius 2 is 2.00 bits per heavy atom. The molecule has 0 aromatic heterocycles. The van der Waals surface area contributed by atoms with Gasteiger partial charge in [0.1, 0.15) is 5.75 Å². The smallest absolute Gasteiger partial charge is 0.310 e. The molecular formula is C12H15Br2NO3. The molecule has 0 radical (unpaired) electrons. The zero-order chi connectivity index (χ0) is 13.9. The van der Waals surface area contributed by atoms with Gasteiger partial charge in [-0.05, 0) is 51.8 Å². The van der Waals surface area contributed by atoms with Gasteiger partial charge < -0.3 is 15.2 Å². The maximum Gasteiger partial charge on any atom is 0.310 e. The van der Waals surface area contributed by atoms with Crippen molar-refractivity contribution in [3.8, 4) is 5.75 Å². The van der Waals surface area contributed by atoms with Gasteiger partial charge in [-0.1, -0.05) is 0 Å². The molecular weight excluding hydrogens is 366 g/mol. The van der Waals surface area contributed by atoms with Crippen molar-refractivity contribution in [1.82, 2.24) is 0 Å². The first kappa shape index (κ1) is 15.3. The van der Waals surface area contributed by atoms with Crippen molar-refractivity contribution in [3.63, 3.8) is 0 Å². The predicted octanol–water partition coefficient (Wildman–Crippen LogP) is 3.74. The Hall–Kier alpha value is -0.750. The largest absolute Gasteiger partial charge is 0.495 e. The van der Waals surface area contributed by atoms with Crippen LogP contribution in [-0.2, 0) is 4.79 Å². The van der Waals surface area contributed by atoms with Crippen LogP contribution in [0.4, 0.5) is 5.69 Å². The average molecular weight is 381 g/mol. The van der Waals surface area contributed by atoms with E-state index in [-0.39, 0.29) is 0 Å². The molecule has 0 amide bonds. The van der Waals surface area contributed by atoms with Crippen molar-refractivity contribution in [3.05, 3.63) is 21.1 Å². The number of aliphatic carboxylic acids is 1. The number of methoxy groups -OCH3 is 1. The van der Waals surface area contributed by atoms with Crippen molar-refractivity contribution in [2.24, 2.45) is 5.41 Å². The molecule has 0 aliphatic rings. The number of hydrogen-bond donors (Lipinski definition) is 2. The van der Waals surface area contributed by atoms with E-state index in [4.69, 9.17) is 9.84 Å². The molecule has 100 valence electrons. The number of ether oxygens (including phenoxy) is 1. The third-order valence-electron chi connectivity index (χ3n) is 2.54. The fraction of sp³-hybridized carbons (Fsp3) is 0.417. The zero-order valence-electron chi connectivity index (χ0n) is 10.4.